The molecule has 1 aliphatic carbocycles. The van der Waals surface area contributed by atoms with E-state index in [-0.39, 0.29) is 5.91 Å². The summed E-state index contributed by atoms with van der Waals surface area (Å²) in [5.74, 6) is -2.22. The molecule has 0 bridgehead atoms. The van der Waals surface area contributed by atoms with Gasteiger partial charge in [-0.25, -0.2) is 0 Å². The van der Waals surface area contributed by atoms with Crippen LogP contribution in [-0.2, 0) is 9.59 Å². The van der Waals surface area contributed by atoms with Gasteiger partial charge in [-0.3, -0.25) is 9.59 Å². The molecular weight excluding hydrogens is 310 g/mol. The van der Waals surface area contributed by atoms with E-state index in [4.69, 9.17) is 5.11 Å². The summed E-state index contributed by atoms with van der Waals surface area (Å²) in [5, 5.41) is 11.9. The number of carbonyl (C=O) groups excluding carboxylic acids is 1. The summed E-state index contributed by atoms with van der Waals surface area (Å²) < 4.78 is 0.797. The second-order valence-electron chi connectivity index (χ2n) is 5.59. The van der Waals surface area contributed by atoms with Gasteiger partial charge < -0.3 is 10.4 Å². The number of rotatable bonds is 3. The lowest BCUT2D eigenvalue weighted by molar-refractivity contribution is -0.140. The average molecular weight is 326 g/mol. The van der Waals surface area contributed by atoms with Gasteiger partial charge in [0.05, 0.1) is 17.5 Å². The van der Waals surface area contributed by atoms with Crippen LogP contribution in [0.1, 0.15) is 19.4 Å². The van der Waals surface area contributed by atoms with E-state index >= 15 is 0 Å². The number of carboxylic acids is 1. The quantitative estimate of drug-likeness (QED) is 0.897. The number of aryl methyl sites for hydroxylation is 1. The molecule has 0 spiro atoms. The zero-order valence-corrected chi connectivity index (χ0v) is 12.6. The van der Waals surface area contributed by atoms with Crippen molar-refractivity contribution < 1.29 is 14.7 Å². The van der Waals surface area contributed by atoms with Crippen LogP contribution in [-0.4, -0.2) is 17.0 Å². The molecule has 1 amide bonds. The standard InChI is InChI=1S/C14H16BrNO3/c1-7-4-5-9(8(15)6-7)16-12(17)10-11(13(18)19)14(10,2)3/h4-6,10-11H,1-3H3,(H,16,17)(H,18,19). The van der Waals surface area contributed by atoms with Gasteiger partial charge >= 0.3 is 5.97 Å². The molecule has 4 nitrogen and oxygen atoms in total. The Hall–Kier alpha value is -1.36. The molecule has 1 saturated carbocycles. The van der Waals surface area contributed by atoms with Crippen LogP contribution in [0.25, 0.3) is 0 Å². The van der Waals surface area contributed by atoms with Gasteiger partial charge in [-0.15, -0.1) is 0 Å². The third kappa shape index (κ3) is 2.52. The molecule has 5 heteroatoms. The highest BCUT2D eigenvalue weighted by Crippen LogP contribution is 2.58. The third-order valence-corrected chi connectivity index (χ3v) is 4.41. The summed E-state index contributed by atoms with van der Waals surface area (Å²) in [6, 6.07) is 5.61. The highest BCUT2D eigenvalue weighted by Gasteiger charge is 2.65. The molecule has 1 aromatic carbocycles. The van der Waals surface area contributed by atoms with Gasteiger partial charge in [0.15, 0.2) is 0 Å². The van der Waals surface area contributed by atoms with Crippen molar-refractivity contribution in [1.29, 1.82) is 0 Å². The molecule has 19 heavy (non-hydrogen) atoms. The molecular formula is C14H16BrNO3. The van der Waals surface area contributed by atoms with E-state index in [9.17, 15) is 9.59 Å². The summed E-state index contributed by atoms with van der Waals surface area (Å²) in [6.07, 6.45) is 0. The second kappa shape index (κ2) is 4.63. The van der Waals surface area contributed by atoms with Gasteiger partial charge in [0.2, 0.25) is 5.91 Å². The minimum Gasteiger partial charge on any atom is -0.481 e. The van der Waals surface area contributed by atoms with Gasteiger partial charge in [-0.05, 0) is 46.0 Å². The second-order valence-corrected chi connectivity index (χ2v) is 6.44. The molecule has 1 aromatic rings. The highest BCUT2D eigenvalue weighted by atomic mass is 79.9. The topological polar surface area (TPSA) is 66.4 Å². The maximum absolute atomic E-state index is 12.1. The van der Waals surface area contributed by atoms with Crippen LogP contribution in [0.5, 0.6) is 0 Å². The molecule has 2 atom stereocenters. The number of benzene rings is 1. The number of hydrogen-bond donors (Lipinski definition) is 2. The Labute approximate surface area is 120 Å². The molecule has 102 valence electrons. The zero-order chi connectivity index (χ0) is 14.4. The lowest BCUT2D eigenvalue weighted by atomic mass is 10.1. The van der Waals surface area contributed by atoms with E-state index in [0.29, 0.717) is 5.69 Å². The van der Waals surface area contributed by atoms with Crippen LogP contribution in [0.15, 0.2) is 22.7 Å². The van der Waals surface area contributed by atoms with Crippen molar-refractivity contribution in [1.82, 2.24) is 0 Å². The first-order valence-electron chi connectivity index (χ1n) is 6.05. The Morgan fingerprint density at radius 3 is 2.42 bits per heavy atom. The minimum absolute atomic E-state index is 0.234. The van der Waals surface area contributed by atoms with Gasteiger partial charge in [0.1, 0.15) is 0 Å². The van der Waals surface area contributed by atoms with Crippen molar-refractivity contribution in [3.8, 4) is 0 Å². The van der Waals surface area contributed by atoms with Crippen molar-refractivity contribution >= 4 is 33.5 Å². The smallest absolute Gasteiger partial charge is 0.307 e. The first-order valence-corrected chi connectivity index (χ1v) is 6.84. The lowest BCUT2D eigenvalue weighted by Crippen LogP contribution is -2.18. The van der Waals surface area contributed by atoms with E-state index < -0.39 is 23.2 Å². The van der Waals surface area contributed by atoms with Crippen LogP contribution in [0.2, 0.25) is 0 Å². The van der Waals surface area contributed by atoms with Crippen LogP contribution >= 0.6 is 15.9 Å². The van der Waals surface area contributed by atoms with Crippen LogP contribution in [0.4, 0.5) is 5.69 Å². The van der Waals surface area contributed by atoms with E-state index in [1.807, 2.05) is 25.1 Å². The molecule has 2 rings (SSSR count). The van der Waals surface area contributed by atoms with E-state index in [1.54, 1.807) is 13.8 Å². The Bertz CT molecular complexity index is 554. The summed E-state index contributed by atoms with van der Waals surface area (Å²) in [6.45, 7) is 5.57. The predicted molar refractivity (Wildman–Crippen MR) is 75.9 cm³/mol. The first-order chi connectivity index (χ1) is 8.75. The third-order valence-electron chi connectivity index (χ3n) is 3.76. The monoisotopic (exact) mass is 325 g/mol. The number of aliphatic carboxylic acids is 1. The summed E-state index contributed by atoms with van der Waals surface area (Å²) in [4.78, 5) is 23.2. The van der Waals surface area contributed by atoms with Crippen molar-refractivity contribution in [3.63, 3.8) is 0 Å². The first kappa shape index (κ1) is 14.1. The fourth-order valence-corrected chi connectivity index (χ4v) is 3.11. The number of anilines is 1. The van der Waals surface area contributed by atoms with Gasteiger partial charge in [0.25, 0.3) is 0 Å². The highest BCUT2D eigenvalue weighted by molar-refractivity contribution is 9.10. The fraction of sp³-hybridized carbons (Fsp3) is 0.429. The lowest BCUT2D eigenvalue weighted by Gasteiger charge is -2.08. The molecule has 2 unspecified atom stereocenters. The molecule has 0 saturated heterocycles. The normalized spacial score (nSPS) is 23.8. The molecule has 0 aliphatic heterocycles. The van der Waals surface area contributed by atoms with Crippen molar-refractivity contribution in [2.24, 2.45) is 17.3 Å². The van der Waals surface area contributed by atoms with Crippen molar-refractivity contribution in [2.45, 2.75) is 20.8 Å². The molecule has 0 radical (unpaired) electrons. The van der Waals surface area contributed by atoms with Gasteiger partial charge in [0, 0.05) is 4.47 Å². The number of carbonyl (C=O) groups is 2. The number of halogens is 1. The van der Waals surface area contributed by atoms with Gasteiger partial charge in [-0.1, -0.05) is 19.9 Å². The maximum Gasteiger partial charge on any atom is 0.307 e. The zero-order valence-electron chi connectivity index (χ0n) is 11.0. The Morgan fingerprint density at radius 1 is 1.32 bits per heavy atom. The van der Waals surface area contributed by atoms with Crippen molar-refractivity contribution in [3.05, 3.63) is 28.2 Å². The molecule has 1 aliphatic rings. The van der Waals surface area contributed by atoms with Crippen LogP contribution in [0, 0.1) is 24.2 Å². The number of nitrogens with one attached hydrogen (secondary N) is 1. The summed E-state index contributed by atoms with van der Waals surface area (Å²) >= 11 is 3.39. The van der Waals surface area contributed by atoms with Gasteiger partial charge in [-0.2, -0.15) is 0 Å². The molecule has 2 N–H and O–H groups in total. The summed E-state index contributed by atoms with van der Waals surface area (Å²) in [5.41, 5.74) is 1.27. The SMILES string of the molecule is Cc1ccc(NC(=O)C2C(C(=O)O)C2(C)C)c(Br)c1. The predicted octanol–water partition coefficient (Wildman–Crippen LogP) is 3.05. The van der Waals surface area contributed by atoms with E-state index in [2.05, 4.69) is 21.2 Å². The Balaban J connectivity index is 2.13. The molecule has 0 heterocycles. The average Bonchev–Trinajstić information content (AvgIpc) is 2.86. The van der Waals surface area contributed by atoms with Crippen LogP contribution < -0.4 is 5.32 Å². The number of carboxylic acid groups (broad SMARTS) is 1. The van der Waals surface area contributed by atoms with E-state index in [1.165, 1.54) is 0 Å². The number of amides is 1. The number of hydrogen-bond acceptors (Lipinski definition) is 2. The van der Waals surface area contributed by atoms with Crippen LogP contribution in [0.3, 0.4) is 0 Å². The Kier molecular flexibility index (Phi) is 3.43. The fourth-order valence-electron chi connectivity index (χ4n) is 2.52. The van der Waals surface area contributed by atoms with Crippen molar-refractivity contribution in [2.75, 3.05) is 5.32 Å². The largest absolute Gasteiger partial charge is 0.481 e. The van der Waals surface area contributed by atoms with E-state index in [0.717, 1.165) is 10.0 Å². The Morgan fingerprint density at radius 2 is 1.95 bits per heavy atom. The minimum atomic E-state index is -0.909. The molecule has 0 aromatic heterocycles. The maximum atomic E-state index is 12.1. The molecule has 1 fully saturated rings. The summed E-state index contributed by atoms with van der Waals surface area (Å²) in [7, 11) is 0.